The van der Waals surface area contributed by atoms with Crippen LogP contribution >= 0.6 is 11.6 Å². The van der Waals surface area contributed by atoms with Crippen molar-refractivity contribution >= 4 is 17.5 Å². The molecule has 1 atom stereocenters. The van der Waals surface area contributed by atoms with E-state index in [2.05, 4.69) is 5.16 Å². The summed E-state index contributed by atoms with van der Waals surface area (Å²) in [6, 6.07) is 6.18. The summed E-state index contributed by atoms with van der Waals surface area (Å²) in [6.45, 7) is 2.46. The molecule has 0 saturated carbocycles. The number of carbonyl (C=O) groups excluding carboxylic acids is 1. The predicted octanol–water partition coefficient (Wildman–Crippen LogP) is 3.68. The molecule has 22 heavy (non-hydrogen) atoms. The maximum absolute atomic E-state index is 13.8. The summed E-state index contributed by atoms with van der Waals surface area (Å²) in [5, 5.41) is 4.28. The van der Waals surface area contributed by atoms with Crippen LogP contribution in [0, 0.1) is 12.7 Å². The zero-order chi connectivity index (χ0) is 15.7. The van der Waals surface area contributed by atoms with Crippen molar-refractivity contribution in [3.05, 3.63) is 52.1 Å². The molecule has 0 bridgehead atoms. The zero-order valence-electron chi connectivity index (χ0n) is 12.2. The first kappa shape index (κ1) is 15.0. The van der Waals surface area contributed by atoms with Gasteiger partial charge in [-0.15, -0.1) is 0 Å². The van der Waals surface area contributed by atoms with Gasteiger partial charge < -0.3 is 9.42 Å². The number of benzene rings is 1. The van der Waals surface area contributed by atoms with Gasteiger partial charge in [0, 0.05) is 23.2 Å². The fourth-order valence-electron chi connectivity index (χ4n) is 2.87. The van der Waals surface area contributed by atoms with Gasteiger partial charge in [0.15, 0.2) is 0 Å². The van der Waals surface area contributed by atoms with E-state index in [4.69, 9.17) is 16.1 Å². The van der Waals surface area contributed by atoms with Crippen molar-refractivity contribution in [1.82, 2.24) is 10.1 Å². The van der Waals surface area contributed by atoms with Gasteiger partial charge in [-0.05, 0) is 31.9 Å². The molecule has 4 nitrogen and oxygen atoms in total. The summed E-state index contributed by atoms with van der Waals surface area (Å²) in [5.74, 6) is 0.121. The fourth-order valence-corrected chi connectivity index (χ4v) is 3.10. The lowest BCUT2D eigenvalue weighted by molar-refractivity contribution is -0.131. The van der Waals surface area contributed by atoms with Gasteiger partial charge in [-0.25, -0.2) is 4.39 Å². The van der Waals surface area contributed by atoms with E-state index in [1.165, 1.54) is 12.1 Å². The van der Waals surface area contributed by atoms with Gasteiger partial charge in [0.05, 0.1) is 12.5 Å². The Morgan fingerprint density at radius 1 is 1.55 bits per heavy atom. The molecule has 1 aliphatic heterocycles. The number of rotatable bonds is 3. The number of hydrogen-bond donors (Lipinski definition) is 0. The van der Waals surface area contributed by atoms with E-state index in [9.17, 15) is 9.18 Å². The molecule has 1 aromatic carbocycles. The summed E-state index contributed by atoms with van der Waals surface area (Å²) in [5.41, 5.74) is 0.999. The maximum Gasteiger partial charge on any atom is 0.227 e. The van der Waals surface area contributed by atoms with Gasteiger partial charge in [0.25, 0.3) is 0 Å². The van der Waals surface area contributed by atoms with Crippen LogP contribution in [0.4, 0.5) is 4.39 Å². The lowest BCUT2D eigenvalue weighted by Gasteiger charge is -2.23. The summed E-state index contributed by atoms with van der Waals surface area (Å²) in [7, 11) is 0. The average Bonchev–Trinajstić information content (AvgIpc) is 3.11. The summed E-state index contributed by atoms with van der Waals surface area (Å²) in [6.07, 6.45) is 1.69. The van der Waals surface area contributed by atoms with E-state index in [0.29, 0.717) is 12.3 Å². The highest BCUT2D eigenvalue weighted by atomic mass is 35.5. The van der Waals surface area contributed by atoms with Crippen LogP contribution in [0.15, 0.2) is 28.8 Å². The van der Waals surface area contributed by atoms with Crippen LogP contribution in [-0.4, -0.2) is 22.5 Å². The average molecular weight is 323 g/mol. The molecule has 0 unspecified atom stereocenters. The number of likely N-dealkylation sites (tertiary alicyclic amines) is 1. The van der Waals surface area contributed by atoms with Gasteiger partial charge in [-0.1, -0.05) is 22.8 Å². The maximum atomic E-state index is 13.8. The van der Waals surface area contributed by atoms with E-state index < -0.39 is 5.82 Å². The van der Waals surface area contributed by atoms with Crippen molar-refractivity contribution in [2.45, 2.75) is 32.2 Å². The topological polar surface area (TPSA) is 46.3 Å². The minimum atomic E-state index is -0.450. The molecule has 1 aromatic heterocycles. The van der Waals surface area contributed by atoms with E-state index in [1.807, 2.05) is 13.0 Å². The second-order valence-corrected chi connectivity index (χ2v) is 5.89. The Labute approximate surface area is 132 Å². The standard InChI is InChI=1S/C16H16ClFN2O2/c1-10-8-14(19-22-10)15-6-3-7-20(15)16(21)9-11-12(17)4-2-5-13(11)18/h2,4-5,8,15H,3,6-7,9H2,1H3/t15-/m0/s1. The number of aromatic nitrogens is 1. The van der Waals surface area contributed by atoms with Crippen LogP contribution in [0.25, 0.3) is 0 Å². The lowest BCUT2D eigenvalue weighted by Crippen LogP contribution is -2.32. The van der Waals surface area contributed by atoms with Crippen molar-refractivity contribution in [3.8, 4) is 0 Å². The number of amides is 1. The highest BCUT2D eigenvalue weighted by Gasteiger charge is 2.32. The monoisotopic (exact) mass is 322 g/mol. The minimum Gasteiger partial charge on any atom is -0.361 e. The molecule has 0 N–H and O–H groups in total. The van der Waals surface area contributed by atoms with Gasteiger partial charge in [-0.2, -0.15) is 0 Å². The quantitative estimate of drug-likeness (QED) is 0.866. The second kappa shape index (κ2) is 6.08. The smallest absolute Gasteiger partial charge is 0.227 e. The third kappa shape index (κ3) is 2.86. The first-order valence-corrected chi connectivity index (χ1v) is 7.59. The molecular formula is C16H16ClFN2O2. The second-order valence-electron chi connectivity index (χ2n) is 5.48. The van der Waals surface area contributed by atoms with Gasteiger partial charge in [0.1, 0.15) is 17.3 Å². The van der Waals surface area contributed by atoms with Crippen LogP contribution in [-0.2, 0) is 11.2 Å². The molecule has 0 spiro atoms. The number of hydrogen-bond acceptors (Lipinski definition) is 3. The Morgan fingerprint density at radius 2 is 2.36 bits per heavy atom. The third-order valence-corrected chi connectivity index (χ3v) is 4.30. The lowest BCUT2D eigenvalue weighted by atomic mass is 10.1. The molecule has 1 fully saturated rings. The fraction of sp³-hybridized carbons (Fsp3) is 0.375. The largest absolute Gasteiger partial charge is 0.361 e. The van der Waals surface area contributed by atoms with Crippen LogP contribution < -0.4 is 0 Å². The SMILES string of the molecule is Cc1cc([C@@H]2CCCN2C(=O)Cc2c(F)cccc2Cl)no1. The van der Waals surface area contributed by atoms with Crippen molar-refractivity contribution in [1.29, 1.82) is 0 Å². The van der Waals surface area contributed by atoms with Gasteiger partial charge in [0.2, 0.25) is 5.91 Å². The minimum absolute atomic E-state index is 0.0428. The normalized spacial score (nSPS) is 18.0. The Hall–Kier alpha value is -1.88. The zero-order valence-corrected chi connectivity index (χ0v) is 12.9. The van der Waals surface area contributed by atoms with E-state index >= 15 is 0 Å². The van der Waals surface area contributed by atoms with Crippen molar-refractivity contribution in [3.63, 3.8) is 0 Å². The number of nitrogens with zero attached hydrogens (tertiary/aromatic N) is 2. The van der Waals surface area contributed by atoms with Crippen LogP contribution in [0.5, 0.6) is 0 Å². The molecular weight excluding hydrogens is 307 g/mol. The van der Waals surface area contributed by atoms with Crippen molar-refractivity contribution < 1.29 is 13.7 Å². The Kier molecular flexibility index (Phi) is 4.16. The first-order valence-electron chi connectivity index (χ1n) is 7.22. The number of aryl methyl sites for hydroxylation is 1. The molecule has 0 radical (unpaired) electrons. The Balaban J connectivity index is 1.79. The summed E-state index contributed by atoms with van der Waals surface area (Å²) in [4.78, 5) is 14.3. The highest BCUT2D eigenvalue weighted by Crippen LogP contribution is 2.32. The molecule has 116 valence electrons. The Bertz CT molecular complexity index is 681. The Morgan fingerprint density at radius 3 is 3.05 bits per heavy atom. The molecule has 1 aliphatic rings. The molecule has 1 saturated heterocycles. The summed E-state index contributed by atoms with van der Waals surface area (Å²) < 4.78 is 18.9. The van der Waals surface area contributed by atoms with Gasteiger partial charge >= 0.3 is 0 Å². The third-order valence-electron chi connectivity index (χ3n) is 3.95. The predicted molar refractivity (Wildman–Crippen MR) is 80.0 cm³/mol. The van der Waals surface area contributed by atoms with Gasteiger partial charge in [-0.3, -0.25) is 4.79 Å². The van der Waals surface area contributed by atoms with Crippen molar-refractivity contribution in [2.24, 2.45) is 0 Å². The molecule has 2 heterocycles. The van der Waals surface area contributed by atoms with Crippen LogP contribution in [0.2, 0.25) is 5.02 Å². The number of carbonyl (C=O) groups is 1. The molecule has 2 aromatic rings. The van der Waals surface area contributed by atoms with Crippen LogP contribution in [0.1, 0.15) is 35.9 Å². The molecule has 1 amide bonds. The van der Waals surface area contributed by atoms with Crippen molar-refractivity contribution in [2.75, 3.05) is 6.54 Å². The van der Waals surface area contributed by atoms with E-state index in [-0.39, 0.29) is 29.0 Å². The van der Waals surface area contributed by atoms with Crippen LogP contribution in [0.3, 0.4) is 0 Å². The summed E-state index contributed by atoms with van der Waals surface area (Å²) >= 11 is 6.00. The first-order chi connectivity index (χ1) is 10.6. The highest BCUT2D eigenvalue weighted by molar-refractivity contribution is 6.31. The van der Waals surface area contributed by atoms with E-state index in [1.54, 1.807) is 11.0 Å². The molecule has 6 heteroatoms. The van der Waals surface area contributed by atoms with E-state index in [0.717, 1.165) is 18.5 Å². The number of halogens is 2. The molecule has 3 rings (SSSR count). The molecule has 0 aliphatic carbocycles.